The monoisotopic (exact) mass is 436 g/mol. The van der Waals surface area contributed by atoms with E-state index in [0.29, 0.717) is 38.4 Å². The number of halogens is 3. The van der Waals surface area contributed by atoms with E-state index in [2.05, 4.69) is 41.8 Å². The first-order valence-corrected chi connectivity index (χ1v) is 7.72. The zero-order chi connectivity index (χ0) is 15.6. The lowest BCUT2D eigenvalue weighted by Crippen LogP contribution is -2.00. The lowest BCUT2D eigenvalue weighted by Gasteiger charge is -2.10. The Balaban J connectivity index is 2.59. The van der Waals surface area contributed by atoms with Crippen LogP contribution in [-0.4, -0.2) is 29.3 Å². The Labute approximate surface area is 143 Å². The zero-order valence-electron chi connectivity index (χ0n) is 11.2. The molecule has 0 unspecified atom stereocenters. The number of rotatable bonds is 4. The fraction of sp³-hybridized carbons (Fsp3) is 0.231. The van der Waals surface area contributed by atoms with Crippen molar-refractivity contribution in [3.05, 3.63) is 31.9 Å². The van der Waals surface area contributed by atoms with Gasteiger partial charge < -0.3 is 14.6 Å². The van der Waals surface area contributed by atoms with E-state index in [4.69, 9.17) is 21.1 Å². The van der Waals surface area contributed by atoms with Gasteiger partial charge in [-0.05, 0) is 44.0 Å². The van der Waals surface area contributed by atoms with E-state index in [1.165, 1.54) is 7.11 Å². The van der Waals surface area contributed by atoms with Crippen LogP contribution >= 0.6 is 43.5 Å². The molecule has 0 aliphatic heterocycles. The number of ether oxygens (including phenoxy) is 2. The summed E-state index contributed by atoms with van der Waals surface area (Å²) >= 11 is 12.7. The first-order chi connectivity index (χ1) is 9.97. The van der Waals surface area contributed by atoms with Crippen molar-refractivity contribution < 1.29 is 14.6 Å². The quantitative estimate of drug-likeness (QED) is 0.726. The molecule has 1 aromatic heterocycles. The van der Waals surface area contributed by atoms with Crippen molar-refractivity contribution in [2.24, 2.45) is 0 Å². The summed E-state index contributed by atoms with van der Waals surface area (Å²) < 4.78 is 11.3. The molecule has 0 bridgehead atoms. The summed E-state index contributed by atoms with van der Waals surface area (Å²) in [6.07, 6.45) is 0. The van der Waals surface area contributed by atoms with Gasteiger partial charge in [0.05, 0.1) is 28.4 Å². The first-order valence-electron chi connectivity index (χ1n) is 5.75. The number of phenols is 1. The highest BCUT2D eigenvalue weighted by Gasteiger charge is 2.15. The van der Waals surface area contributed by atoms with Crippen LogP contribution in [0.5, 0.6) is 11.5 Å². The minimum Gasteiger partial charge on any atom is -0.503 e. The van der Waals surface area contributed by atoms with Crippen molar-refractivity contribution in [3.8, 4) is 22.9 Å². The molecule has 0 radical (unpaired) electrons. The van der Waals surface area contributed by atoms with Crippen LogP contribution in [0, 0.1) is 0 Å². The van der Waals surface area contributed by atoms with Gasteiger partial charge in [0.2, 0.25) is 0 Å². The maximum absolute atomic E-state index is 9.84. The highest BCUT2D eigenvalue weighted by atomic mass is 79.9. The van der Waals surface area contributed by atoms with Crippen molar-refractivity contribution in [1.82, 2.24) is 9.97 Å². The van der Waals surface area contributed by atoms with Gasteiger partial charge in [0.25, 0.3) is 0 Å². The molecular weight excluding hydrogens is 427 g/mol. The van der Waals surface area contributed by atoms with Crippen LogP contribution in [-0.2, 0) is 11.3 Å². The predicted octanol–water partition coefficient (Wildman–Crippen LogP) is 4.18. The zero-order valence-corrected chi connectivity index (χ0v) is 15.1. The van der Waals surface area contributed by atoms with Crippen LogP contribution in [0.1, 0.15) is 5.69 Å². The molecule has 21 heavy (non-hydrogen) atoms. The molecule has 2 aromatic rings. The van der Waals surface area contributed by atoms with Crippen LogP contribution in [0.15, 0.2) is 21.1 Å². The van der Waals surface area contributed by atoms with E-state index in [-0.39, 0.29) is 10.9 Å². The first kappa shape index (κ1) is 16.5. The summed E-state index contributed by atoms with van der Waals surface area (Å²) in [6.45, 7) is 0.298. The summed E-state index contributed by atoms with van der Waals surface area (Å²) in [5.41, 5.74) is 1.29. The van der Waals surface area contributed by atoms with Crippen molar-refractivity contribution in [3.63, 3.8) is 0 Å². The van der Waals surface area contributed by atoms with Crippen molar-refractivity contribution in [2.75, 3.05) is 14.2 Å². The van der Waals surface area contributed by atoms with E-state index in [1.54, 1.807) is 19.2 Å². The van der Waals surface area contributed by atoms with Gasteiger partial charge in [-0.15, -0.1) is 0 Å². The molecule has 5 nitrogen and oxygen atoms in total. The van der Waals surface area contributed by atoms with Crippen LogP contribution in [0.25, 0.3) is 11.4 Å². The minimum atomic E-state index is 0.0153. The Morgan fingerprint density at radius 1 is 1.24 bits per heavy atom. The van der Waals surface area contributed by atoms with Gasteiger partial charge in [-0.25, -0.2) is 9.97 Å². The van der Waals surface area contributed by atoms with E-state index < -0.39 is 0 Å². The Morgan fingerprint density at radius 2 is 1.95 bits per heavy atom. The average Bonchev–Trinajstić information content (AvgIpc) is 2.46. The number of hydrogen-bond donors (Lipinski definition) is 1. The molecule has 1 N–H and O–H groups in total. The van der Waals surface area contributed by atoms with Gasteiger partial charge in [-0.2, -0.15) is 0 Å². The van der Waals surface area contributed by atoms with Gasteiger partial charge >= 0.3 is 0 Å². The van der Waals surface area contributed by atoms with E-state index in [1.807, 2.05) is 0 Å². The molecule has 0 spiro atoms. The second kappa shape index (κ2) is 6.91. The third kappa shape index (κ3) is 3.48. The second-order valence-corrected chi connectivity index (χ2v) is 6.05. The third-order valence-electron chi connectivity index (χ3n) is 2.67. The molecule has 1 heterocycles. The van der Waals surface area contributed by atoms with Crippen molar-refractivity contribution in [2.45, 2.75) is 6.61 Å². The highest BCUT2D eigenvalue weighted by Crippen LogP contribution is 2.38. The van der Waals surface area contributed by atoms with Gasteiger partial charge in [-0.1, -0.05) is 11.6 Å². The number of aromatic hydroxyl groups is 1. The standard InChI is InChI=1S/C13H11Br2ClN2O3/c1-20-5-8-10(15)12(16)18-13(17-8)6-3-7(14)11(19)9(4-6)21-2/h3-4,19H,5H2,1-2H3. The fourth-order valence-corrected chi connectivity index (χ4v) is 2.61. The molecule has 0 saturated heterocycles. The van der Waals surface area contributed by atoms with Crippen LogP contribution < -0.4 is 4.74 Å². The minimum absolute atomic E-state index is 0.0153. The van der Waals surface area contributed by atoms with Crippen LogP contribution in [0.4, 0.5) is 0 Å². The molecule has 1 aromatic carbocycles. The lowest BCUT2D eigenvalue weighted by molar-refractivity contribution is 0.181. The van der Waals surface area contributed by atoms with Gasteiger partial charge in [-0.3, -0.25) is 0 Å². The topological polar surface area (TPSA) is 64.5 Å². The van der Waals surface area contributed by atoms with Gasteiger partial charge in [0, 0.05) is 12.7 Å². The maximum Gasteiger partial charge on any atom is 0.172 e. The molecule has 8 heteroatoms. The Hall–Kier alpha value is -0.890. The summed E-state index contributed by atoms with van der Waals surface area (Å²) in [4.78, 5) is 8.64. The summed E-state index contributed by atoms with van der Waals surface area (Å²) in [5.74, 6) is 0.742. The number of hydrogen-bond acceptors (Lipinski definition) is 5. The normalized spacial score (nSPS) is 10.7. The van der Waals surface area contributed by atoms with E-state index >= 15 is 0 Å². The molecule has 0 atom stereocenters. The molecule has 0 saturated carbocycles. The number of benzene rings is 1. The molecule has 0 amide bonds. The van der Waals surface area contributed by atoms with Crippen molar-refractivity contribution >= 4 is 43.5 Å². The Kier molecular flexibility index (Phi) is 5.43. The Morgan fingerprint density at radius 3 is 2.57 bits per heavy atom. The van der Waals surface area contributed by atoms with E-state index in [9.17, 15) is 5.11 Å². The molecular formula is C13H11Br2ClN2O3. The molecule has 2 rings (SSSR count). The maximum atomic E-state index is 9.84. The van der Waals surface area contributed by atoms with Gasteiger partial charge in [0.1, 0.15) is 5.15 Å². The number of phenolic OH excluding ortho intramolecular Hbond substituents is 1. The Bertz CT molecular complexity index is 683. The van der Waals surface area contributed by atoms with Crippen molar-refractivity contribution in [1.29, 1.82) is 0 Å². The molecule has 0 aliphatic rings. The van der Waals surface area contributed by atoms with Crippen LogP contribution in [0.3, 0.4) is 0 Å². The largest absolute Gasteiger partial charge is 0.503 e. The SMILES string of the molecule is COCc1nc(-c2cc(Br)c(O)c(OC)c2)nc(Cl)c1Br. The van der Waals surface area contributed by atoms with Gasteiger partial charge in [0.15, 0.2) is 17.3 Å². The predicted molar refractivity (Wildman–Crippen MR) is 86.8 cm³/mol. The fourth-order valence-electron chi connectivity index (χ4n) is 1.68. The highest BCUT2D eigenvalue weighted by molar-refractivity contribution is 9.11. The average molecular weight is 439 g/mol. The number of aromatic nitrogens is 2. The number of nitrogens with zero attached hydrogens (tertiary/aromatic N) is 2. The smallest absolute Gasteiger partial charge is 0.172 e. The van der Waals surface area contributed by atoms with Crippen LogP contribution in [0.2, 0.25) is 5.15 Å². The lowest BCUT2D eigenvalue weighted by atomic mass is 10.2. The summed E-state index contributed by atoms with van der Waals surface area (Å²) in [5, 5.41) is 10.1. The second-order valence-electron chi connectivity index (χ2n) is 4.04. The number of methoxy groups -OCH3 is 2. The molecule has 112 valence electrons. The third-order valence-corrected chi connectivity index (χ3v) is 4.61. The molecule has 0 fully saturated rings. The summed E-state index contributed by atoms with van der Waals surface area (Å²) in [7, 11) is 3.04. The summed E-state index contributed by atoms with van der Waals surface area (Å²) in [6, 6.07) is 3.32. The molecule has 0 aliphatic carbocycles. The van der Waals surface area contributed by atoms with E-state index in [0.717, 1.165) is 0 Å².